The number of hydrogen-bond acceptors (Lipinski definition) is 3. The van der Waals surface area contributed by atoms with Crippen LogP contribution in [0, 0.1) is 28.1 Å². The molecular formula is C28H44O3. The van der Waals surface area contributed by atoms with E-state index in [1.807, 2.05) is 0 Å². The third-order valence-corrected chi connectivity index (χ3v) is 7.48. The van der Waals surface area contributed by atoms with E-state index in [0.717, 1.165) is 32.1 Å². The first-order valence-electron chi connectivity index (χ1n) is 11.9. The molecule has 2 aliphatic rings. The quantitative estimate of drug-likeness (QED) is 0.302. The summed E-state index contributed by atoms with van der Waals surface area (Å²) in [5.74, 6) is 0.283. The molecule has 1 saturated carbocycles. The third kappa shape index (κ3) is 5.41. The monoisotopic (exact) mass is 428 g/mol. The Morgan fingerprint density at radius 3 is 2.26 bits per heavy atom. The Morgan fingerprint density at radius 1 is 1.13 bits per heavy atom. The molecule has 2 aliphatic carbocycles. The first-order chi connectivity index (χ1) is 14.3. The van der Waals surface area contributed by atoms with Crippen molar-refractivity contribution >= 4 is 11.6 Å². The maximum Gasteiger partial charge on any atom is 0.170 e. The second-order valence-electron chi connectivity index (χ2n) is 11.8. The first-order valence-corrected chi connectivity index (χ1v) is 11.9. The molecule has 0 radical (unpaired) electrons. The molecule has 1 fully saturated rings. The molecule has 4 atom stereocenters. The molecule has 0 aromatic carbocycles. The number of ketones is 2. The van der Waals surface area contributed by atoms with Gasteiger partial charge < -0.3 is 4.74 Å². The summed E-state index contributed by atoms with van der Waals surface area (Å²) >= 11 is 0. The van der Waals surface area contributed by atoms with Crippen molar-refractivity contribution in [2.45, 2.75) is 93.9 Å². The largest absolute Gasteiger partial charge is 0.500 e. The zero-order valence-electron chi connectivity index (χ0n) is 21.4. The van der Waals surface area contributed by atoms with Gasteiger partial charge in [0.2, 0.25) is 0 Å². The van der Waals surface area contributed by atoms with Crippen LogP contribution in [0.1, 0.15) is 93.9 Å². The van der Waals surface area contributed by atoms with Gasteiger partial charge in [-0.1, -0.05) is 57.4 Å². The van der Waals surface area contributed by atoms with E-state index in [-0.39, 0.29) is 28.3 Å². The maximum atomic E-state index is 14.0. The average molecular weight is 429 g/mol. The highest BCUT2D eigenvalue weighted by molar-refractivity contribution is 6.14. The van der Waals surface area contributed by atoms with Gasteiger partial charge in [0.25, 0.3) is 0 Å². The van der Waals surface area contributed by atoms with E-state index in [4.69, 9.17) is 4.74 Å². The van der Waals surface area contributed by atoms with Crippen molar-refractivity contribution in [3.05, 3.63) is 35.1 Å². The normalized spacial score (nSPS) is 30.5. The predicted octanol–water partition coefficient (Wildman–Crippen LogP) is 7.23. The molecule has 0 aromatic heterocycles. The van der Waals surface area contributed by atoms with Crippen molar-refractivity contribution in [1.29, 1.82) is 0 Å². The summed E-state index contributed by atoms with van der Waals surface area (Å²) < 4.78 is 5.70. The summed E-state index contributed by atoms with van der Waals surface area (Å²) in [7, 11) is 1.60. The molecule has 0 saturated heterocycles. The molecule has 0 N–H and O–H groups in total. The molecule has 2 rings (SSSR count). The van der Waals surface area contributed by atoms with Crippen LogP contribution in [0.2, 0.25) is 0 Å². The summed E-state index contributed by atoms with van der Waals surface area (Å²) in [5, 5.41) is 0. The van der Waals surface area contributed by atoms with Gasteiger partial charge in [-0.25, -0.2) is 0 Å². The Balaban J connectivity index is 2.56. The van der Waals surface area contributed by atoms with Gasteiger partial charge in [0, 0.05) is 6.08 Å². The van der Waals surface area contributed by atoms with Crippen molar-refractivity contribution in [2.75, 3.05) is 7.11 Å². The zero-order chi connectivity index (χ0) is 23.6. The van der Waals surface area contributed by atoms with Crippen LogP contribution in [0.25, 0.3) is 0 Å². The number of ether oxygens (including phenoxy) is 1. The zero-order valence-corrected chi connectivity index (χ0v) is 21.4. The van der Waals surface area contributed by atoms with Crippen molar-refractivity contribution in [3.8, 4) is 0 Å². The molecule has 0 aromatic rings. The fraction of sp³-hybridized carbons (Fsp3) is 0.714. The maximum absolute atomic E-state index is 14.0. The highest BCUT2D eigenvalue weighted by Gasteiger charge is 2.63. The van der Waals surface area contributed by atoms with Crippen LogP contribution >= 0.6 is 0 Å². The lowest BCUT2D eigenvalue weighted by atomic mass is 9.47. The van der Waals surface area contributed by atoms with Gasteiger partial charge in [0.1, 0.15) is 5.76 Å². The van der Waals surface area contributed by atoms with Gasteiger partial charge in [-0.15, -0.1) is 0 Å². The highest BCUT2D eigenvalue weighted by atomic mass is 16.5. The Morgan fingerprint density at radius 2 is 1.74 bits per heavy atom. The number of methoxy groups -OCH3 is 1. The van der Waals surface area contributed by atoms with Crippen LogP contribution in [0.4, 0.5) is 0 Å². The Bertz CT molecular complexity index is 784. The van der Waals surface area contributed by atoms with E-state index >= 15 is 0 Å². The Hall–Kier alpha value is -1.64. The van der Waals surface area contributed by atoms with Crippen LogP contribution < -0.4 is 0 Å². The number of carbonyl (C=O) groups excluding carboxylic acids is 2. The van der Waals surface area contributed by atoms with Crippen molar-refractivity contribution in [3.63, 3.8) is 0 Å². The van der Waals surface area contributed by atoms with Crippen LogP contribution in [-0.4, -0.2) is 18.7 Å². The topological polar surface area (TPSA) is 43.4 Å². The van der Waals surface area contributed by atoms with E-state index in [0.29, 0.717) is 12.2 Å². The van der Waals surface area contributed by atoms with Crippen molar-refractivity contribution < 1.29 is 14.3 Å². The molecular weight excluding hydrogens is 384 g/mol. The second-order valence-corrected chi connectivity index (χ2v) is 11.8. The van der Waals surface area contributed by atoms with E-state index in [1.54, 1.807) is 13.2 Å². The highest BCUT2D eigenvalue weighted by Crippen LogP contribution is 2.60. The lowest BCUT2D eigenvalue weighted by Crippen LogP contribution is -2.59. The van der Waals surface area contributed by atoms with Gasteiger partial charge in [-0.3, -0.25) is 9.59 Å². The third-order valence-electron chi connectivity index (χ3n) is 7.48. The number of allylic oxidation sites excluding steroid dienone is 6. The number of hydrogen-bond donors (Lipinski definition) is 0. The fourth-order valence-corrected chi connectivity index (χ4v) is 5.59. The number of rotatable bonds is 8. The molecule has 2 bridgehead atoms. The number of carbonyl (C=O) groups is 2. The van der Waals surface area contributed by atoms with Gasteiger partial charge in [0.05, 0.1) is 18.4 Å². The van der Waals surface area contributed by atoms with Gasteiger partial charge >= 0.3 is 0 Å². The lowest BCUT2D eigenvalue weighted by molar-refractivity contribution is -0.157. The van der Waals surface area contributed by atoms with Crippen LogP contribution in [0.3, 0.4) is 0 Å². The number of fused-ring (bicyclic) bond motifs is 2. The van der Waals surface area contributed by atoms with Crippen molar-refractivity contribution in [2.24, 2.45) is 28.1 Å². The smallest absolute Gasteiger partial charge is 0.170 e. The lowest BCUT2D eigenvalue weighted by Gasteiger charge is -2.55. The van der Waals surface area contributed by atoms with Crippen LogP contribution in [0.15, 0.2) is 35.1 Å². The molecule has 0 heterocycles. The van der Waals surface area contributed by atoms with E-state index in [2.05, 4.69) is 67.5 Å². The molecule has 0 aliphatic heterocycles. The van der Waals surface area contributed by atoms with Gasteiger partial charge in [-0.2, -0.15) is 0 Å². The fourth-order valence-electron chi connectivity index (χ4n) is 5.59. The minimum Gasteiger partial charge on any atom is -0.500 e. The summed E-state index contributed by atoms with van der Waals surface area (Å²) in [4.78, 5) is 27.3. The molecule has 174 valence electrons. The molecule has 0 spiro atoms. The Labute approximate surface area is 190 Å². The summed E-state index contributed by atoms with van der Waals surface area (Å²) in [5.41, 5.74) is 1.68. The standard InChI is InChI=1S/C28H44O3/c1-19(2)11-12-21-18-28(16-13-20(3)4)23(31-9)17-22(29)24(25(28)30)27(21,8)15-10-14-26(5,6)7/h11,13,17,21,24H,10,12,14-16,18H2,1-9H3. The molecule has 4 unspecified atom stereocenters. The summed E-state index contributed by atoms with van der Waals surface area (Å²) in [6.45, 7) is 17.3. The molecule has 3 heteroatoms. The van der Waals surface area contributed by atoms with Crippen molar-refractivity contribution in [1.82, 2.24) is 0 Å². The second kappa shape index (κ2) is 9.46. The van der Waals surface area contributed by atoms with Gasteiger partial charge in [-0.05, 0) is 76.5 Å². The minimum atomic E-state index is -0.714. The van der Waals surface area contributed by atoms with E-state index < -0.39 is 11.3 Å². The summed E-state index contributed by atoms with van der Waals surface area (Å²) in [6, 6.07) is 0. The van der Waals surface area contributed by atoms with Gasteiger partial charge in [0.15, 0.2) is 11.6 Å². The Kier molecular flexibility index (Phi) is 7.82. The molecule has 3 nitrogen and oxygen atoms in total. The van der Waals surface area contributed by atoms with E-state index in [9.17, 15) is 9.59 Å². The van der Waals surface area contributed by atoms with Crippen LogP contribution in [-0.2, 0) is 14.3 Å². The van der Waals surface area contributed by atoms with Crippen LogP contribution in [0.5, 0.6) is 0 Å². The average Bonchev–Trinajstić information content (AvgIpc) is 2.63. The first kappa shape index (κ1) is 25.6. The summed E-state index contributed by atoms with van der Waals surface area (Å²) in [6.07, 6.45) is 11.4. The van der Waals surface area contributed by atoms with E-state index in [1.165, 1.54) is 11.1 Å². The SMILES string of the molecule is COC1=CC(=O)C2C(=O)C1(CC=C(C)C)CC(CC=C(C)C)C2(C)CCCC(C)(C)C. The predicted molar refractivity (Wildman–Crippen MR) is 129 cm³/mol. The number of Topliss-reactive ketones (excluding diaryl/α,β-unsaturated/α-hetero) is 1. The molecule has 31 heavy (non-hydrogen) atoms. The minimum absolute atomic E-state index is 0.0603. The molecule has 0 amide bonds.